The molecule has 1 amide bonds. The van der Waals surface area contributed by atoms with Crippen molar-refractivity contribution >= 4 is 38.4 Å². The molecular formula is C21H17BrN4O. The van der Waals surface area contributed by atoms with Gasteiger partial charge in [0.2, 0.25) is 0 Å². The highest BCUT2D eigenvalue weighted by Gasteiger charge is 2.19. The van der Waals surface area contributed by atoms with Crippen molar-refractivity contribution in [2.75, 3.05) is 5.32 Å². The van der Waals surface area contributed by atoms with Gasteiger partial charge in [0.15, 0.2) is 0 Å². The summed E-state index contributed by atoms with van der Waals surface area (Å²) >= 11 is 3.43. The quantitative estimate of drug-likeness (QED) is 0.504. The maximum atomic E-state index is 12.9. The van der Waals surface area contributed by atoms with Gasteiger partial charge < -0.3 is 5.32 Å². The predicted octanol–water partition coefficient (Wildman–Crippen LogP) is 5.05. The van der Waals surface area contributed by atoms with Crippen molar-refractivity contribution in [3.63, 3.8) is 0 Å². The van der Waals surface area contributed by atoms with Crippen molar-refractivity contribution in [2.45, 2.75) is 13.8 Å². The number of benzene rings is 2. The third-order valence-corrected chi connectivity index (χ3v) is 4.97. The fraction of sp³-hybridized carbons (Fsp3) is 0.0952. The molecular weight excluding hydrogens is 404 g/mol. The molecule has 27 heavy (non-hydrogen) atoms. The van der Waals surface area contributed by atoms with E-state index in [1.807, 2.05) is 68.4 Å². The summed E-state index contributed by atoms with van der Waals surface area (Å²) in [6.07, 6.45) is 1.67. The number of rotatable bonds is 3. The van der Waals surface area contributed by atoms with Crippen LogP contribution in [0.15, 0.2) is 65.3 Å². The topological polar surface area (TPSA) is 59.8 Å². The van der Waals surface area contributed by atoms with Crippen LogP contribution in [0.5, 0.6) is 0 Å². The smallest absolute Gasteiger partial charge is 0.259 e. The highest BCUT2D eigenvalue weighted by molar-refractivity contribution is 9.10. The van der Waals surface area contributed by atoms with E-state index in [0.29, 0.717) is 16.9 Å². The van der Waals surface area contributed by atoms with E-state index < -0.39 is 0 Å². The summed E-state index contributed by atoms with van der Waals surface area (Å²) in [6.45, 7) is 3.74. The van der Waals surface area contributed by atoms with E-state index in [9.17, 15) is 4.79 Å². The summed E-state index contributed by atoms with van der Waals surface area (Å²) in [4.78, 5) is 17.3. The zero-order valence-electron chi connectivity index (χ0n) is 14.9. The Labute approximate surface area is 165 Å². The van der Waals surface area contributed by atoms with Crippen molar-refractivity contribution in [1.29, 1.82) is 0 Å². The lowest BCUT2D eigenvalue weighted by Gasteiger charge is -2.08. The van der Waals surface area contributed by atoms with Crippen molar-refractivity contribution < 1.29 is 4.79 Å². The second kappa shape index (κ2) is 6.96. The molecule has 0 bridgehead atoms. The molecule has 0 aliphatic heterocycles. The fourth-order valence-electron chi connectivity index (χ4n) is 3.14. The van der Waals surface area contributed by atoms with Gasteiger partial charge in [-0.05, 0) is 50.2 Å². The Kier molecular flexibility index (Phi) is 4.49. The van der Waals surface area contributed by atoms with Gasteiger partial charge in [-0.25, -0.2) is 4.68 Å². The molecule has 2 heterocycles. The maximum Gasteiger partial charge on any atom is 0.259 e. The number of nitrogens with zero attached hydrogens (tertiary/aromatic N) is 3. The van der Waals surface area contributed by atoms with Crippen LogP contribution in [0.2, 0.25) is 0 Å². The molecule has 0 radical (unpaired) electrons. The molecule has 2 aromatic carbocycles. The number of hydrogen-bond acceptors (Lipinski definition) is 3. The molecule has 134 valence electrons. The molecule has 0 spiro atoms. The molecule has 4 aromatic rings. The van der Waals surface area contributed by atoms with Crippen molar-refractivity contribution in [2.24, 2.45) is 0 Å². The molecule has 1 N–H and O–H groups in total. The van der Waals surface area contributed by atoms with Gasteiger partial charge in [-0.15, -0.1) is 0 Å². The molecule has 5 nitrogen and oxygen atoms in total. The molecule has 6 heteroatoms. The van der Waals surface area contributed by atoms with Crippen LogP contribution in [0.1, 0.15) is 21.7 Å². The first-order valence-corrected chi connectivity index (χ1v) is 9.30. The van der Waals surface area contributed by atoms with Crippen LogP contribution in [-0.4, -0.2) is 20.7 Å². The number of nitrogens with one attached hydrogen (secondary N) is 1. The maximum absolute atomic E-state index is 12.9. The average Bonchev–Trinajstić information content (AvgIpc) is 2.96. The second-order valence-corrected chi connectivity index (χ2v) is 7.22. The molecule has 4 rings (SSSR count). The number of anilines is 1. The number of pyridine rings is 1. The number of carbonyl (C=O) groups excluding carboxylic acids is 1. The third-order valence-electron chi connectivity index (χ3n) is 4.44. The van der Waals surface area contributed by atoms with Crippen LogP contribution in [0.25, 0.3) is 16.6 Å². The zero-order valence-corrected chi connectivity index (χ0v) is 16.5. The minimum absolute atomic E-state index is 0.189. The third kappa shape index (κ3) is 3.36. The summed E-state index contributed by atoms with van der Waals surface area (Å²) in [6, 6.07) is 17.5. The largest absolute Gasteiger partial charge is 0.320 e. The molecule has 0 aliphatic rings. The summed E-state index contributed by atoms with van der Waals surface area (Å²) in [5.74, 6) is -0.189. The molecule has 0 saturated heterocycles. The lowest BCUT2D eigenvalue weighted by molar-refractivity contribution is 0.102. The van der Waals surface area contributed by atoms with Crippen LogP contribution in [-0.2, 0) is 0 Å². The number of fused-ring (bicyclic) bond motifs is 1. The Morgan fingerprint density at radius 2 is 1.81 bits per heavy atom. The van der Waals surface area contributed by atoms with E-state index in [1.165, 1.54) is 0 Å². The van der Waals surface area contributed by atoms with Crippen molar-refractivity contribution in [3.05, 3.63) is 82.2 Å². The van der Waals surface area contributed by atoms with Crippen LogP contribution >= 0.6 is 15.9 Å². The van der Waals surface area contributed by atoms with E-state index >= 15 is 0 Å². The number of para-hydroxylation sites is 1. The monoisotopic (exact) mass is 420 g/mol. The summed E-state index contributed by atoms with van der Waals surface area (Å²) in [5.41, 5.74) is 4.51. The SMILES string of the molecule is Cc1nn(-c2ccc(Br)cc2)c(C)c1C(=O)Nc1cnc2ccccc2c1. The minimum Gasteiger partial charge on any atom is -0.320 e. The lowest BCUT2D eigenvalue weighted by Crippen LogP contribution is -2.14. The Hall–Kier alpha value is -2.99. The molecule has 0 unspecified atom stereocenters. The van der Waals surface area contributed by atoms with Gasteiger partial charge in [0.05, 0.1) is 40.0 Å². The summed E-state index contributed by atoms with van der Waals surface area (Å²) in [5, 5.41) is 8.47. The highest BCUT2D eigenvalue weighted by Crippen LogP contribution is 2.22. The van der Waals surface area contributed by atoms with E-state index in [4.69, 9.17) is 0 Å². The van der Waals surface area contributed by atoms with Gasteiger partial charge in [0, 0.05) is 9.86 Å². The van der Waals surface area contributed by atoms with Gasteiger partial charge in [-0.2, -0.15) is 5.10 Å². The zero-order chi connectivity index (χ0) is 19.0. The first-order valence-electron chi connectivity index (χ1n) is 8.51. The average molecular weight is 421 g/mol. The van der Waals surface area contributed by atoms with Crippen LogP contribution in [0.3, 0.4) is 0 Å². The molecule has 0 saturated carbocycles. The standard InChI is InChI=1S/C21H17BrN4O/c1-13-20(14(2)26(25-13)18-9-7-16(22)8-10-18)21(27)24-17-11-15-5-3-4-6-19(15)23-12-17/h3-12H,1-2H3,(H,24,27). The number of carbonyl (C=O) groups is 1. The van der Waals surface area contributed by atoms with Gasteiger partial charge in [0.25, 0.3) is 5.91 Å². The predicted molar refractivity (Wildman–Crippen MR) is 110 cm³/mol. The van der Waals surface area contributed by atoms with E-state index in [0.717, 1.165) is 26.8 Å². The van der Waals surface area contributed by atoms with Crippen molar-refractivity contribution in [1.82, 2.24) is 14.8 Å². The number of hydrogen-bond donors (Lipinski definition) is 1. The van der Waals surface area contributed by atoms with Gasteiger partial charge in [0.1, 0.15) is 0 Å². The normalized spacial score (nSPS) is 10.9. The van der Waals surface area contributed by atoms with E-state index in [-0.39, 0.29) is 5.91 Å². The van der Waals surface area contributed by atoms with Crippen LogP contribution in [0, 0.1) is 13.8 Å². The minimum atomic E-state index is -0.189. The number of amides is 1. The fourth-order valence-corrected chi connectivity index (χ4v) is 3.40. The van der Waals surface area contributed by atoms with Crippen LogP contribution < -0.4 is 5.32 Å². The first-order chi connectivity index (χ1) is 13.0. The summed E-state index contributed by atoms with van der Waals surface area (Å²) < 4.78 is 2.78. The molecule has 2 aromatic heterocycles. The van der Waals surface area contributed by atoms with Gasteiger partial charge in [-0.3, -0.25) is 9.78 Å². The number of halogens is 1. The molecule has 0 atom stereocenters. The van der Waals surface area contributed by atoms with E-state index in [2.05, 4.69) is 31.3 Å². The Bertz CT molecular complexity index is 1150. The number of aromatic nitrogens is 3. The van der Waals surface area contributed by atoms with Crippen LogP contribution in [0.4, 0.5) is 5.69 Å². The molecule has 0 aliphatic carbocycles. The van der Waals surface area contributed by atoms with Gasteiger partial charge in [-0.1, -0.05) is 34.1 Å². The first kappa shape index (κ1) is 17.4. The Morgan fingerprint density at radius 3 is 2.59 bits per heavy atom. The number of aryl methyl sites for hydroxylation is 1. The molecule has 0 fully saturated rings. The van der Waals surface area contributed by atoms with Crippen molar-refractivity contribution in [3.8, 4) is 5.69 Å². The Morgan fingerprint density at radius 1 is 1.07 bits per heavy atom. The lowest BCUT2D eigenvalue weighted by atomic mass is 10.1. The second-order valence-electron chi connectivity index (χ2n) is 6.30. The van der Waals surface area contributed by atoms with Gasteiger partial charge >= 0.3 is 0 Å². The Balaban J connectivity index is 1.66. The highest BCUT2D eigenvalue weighted by atomic mass is 79.9. The summed E-state index contributed by atoms with van der Waals surface area (Å²) in [7, 11) is 0. The van der Waals surface area contributed by atoms with E-state index in [1.54, 1.807) is 10.9 Å².